The Balaban J connectivity index is 2.81. The number of carbonyl (C=O) groups is 1. The molecule has 3 nitrogen and oxygen atoms in total. The summed E-state index contributed by atoms with van der Waals surface area (Å²) in [6, 6.07) is 8.35. The fourth-order valence-electron chi connectivity index (χ4n) is 2.24. The molecule has 0 radical (unpaired) electrons. The second-order valence-electron chi connectivity index (χ2n) is 5.52. The van der Waals surface area contributed by atoms with Gasteiger partial charge in [-0.25, -0.2) is 0 Å². The Bertz CT molecular complexity index is 471. The van der Waals surface area contributed by atoms with Crippen molar-refractivity contribution in [3.8, 4) is 12.3 Å². The van der Waals surface area contributed by atoms with E-state index in [0.717, 1.165) is 12.0 Å². The molecule has 1 N–H and O–H groups in total. The minimum atomic E-state index is -0.858. The number of aliphatic carboxylic acids is 1. The zero-order chi connectivity index (χ0) is 15.1. The van der Waals surface area contributed by atoms with Crippen LogP contribution in [0, 0.1) is 18.3 Å². The molecule has 1 rings (SSSR count). The van der Waals surface area contributed by atoms with Gasteiger partial charge in [-0.05, 0) is 30.4 Å². The first-order chi connectivity index (χ1) is 9.43. The molecule has 20 heavy (non-hydrogen) atoms. The molecule has 1 aromatic rings. The van der Waals surface area contributed by atoms with Crippen molar-refractivity contribution < 1.29 is 9.90 Å². The van der Waals surface area contributed by atoms with Gasteiger partial charge >= 0.3 is 5.97 Å². The van der Waals surface area contributed by atoms with Gasteiger partial charge in [0.2, 0.25) is 0 Å². The molecule has 0 heterocycles. The number of nitrogens with zero attached hydrogens (tertiary/aromatic N) is 1. The van der Waals surface area contributed by atoms with Gasteiger partial charge < -0.3 is 5.11 Å². The number of hydrogen-bond acceptors (Lipinski definition) is 2. The molecule has 1 aromatic carbocycles. The van der Waals surface area contributed by atoms with E-state index in [4.69, 9.17) is 11.5 Å². The summed E-state index contributed by atoms with van der Waals surface area (Å²) in [5, 5.41) is 8.94. The van der Waals surface area contributed by atoms with E-state index in [1.807, 2.05) is 6.92 Å². The SMILES string of the molecule is C#CCN(CC(=O)O)C(C)c1ccc(CC(C)C)cc1. The van der Waals surface area contributed by atoms with Crippen LogP contribution < -0.4 is 0 Å². The summed E-state index contributed by atoms with van der Waals surface area (Å²) in [5.41, 5.74) is 2.40. The van der Waals surface area contributed by atoms with Crippen LogP contribution in [-0.4, -0.2) is 29.1 Å². The second-order valence-corrected chi connectivity index (χ2v) is 5.52. The second kappa shape index (κ2) is 7.72. The number of terminal acetylenes is 1. The van der Waals surface area contributed by atoms with Crippen LogP contribution >= 0.6 is 0 Å². The van der Waals surface area contributed by atoms with Crippen LogP contribution in [0.15, 0.2) is 24.3 Å². The summed E-state index contributed by atoms with van der Waals surface area (Å²) in [5.74, 6) is 2.29. The van der Waals surface area contributed by atoms with E-state index >= 15 is 0 Å². The van der Waals surface area contributed by atoms with Crippen molar-refractivity contribution in [3.05, 3.63) is 35.4 Å². The highest BCUT2D eigenvalue weighted by Crippen LogP contribution is 2.21. The Hall–Kier alpha value is -1.79. The molecule has 0 aliphatic rings. The van der Waals surface area contributed by atoms with Gasteiger partial charge in [-0.3, -0.25) is 9.69 Å². The van der Waals surface area contributed by atoms with E-state index in [2.05, 4.69) is 44.0 Å². The maximum atomic E-state index is 10.9. The highest BCUT2D eigenvalue weighted by Gasteiger charge is 2.17. The molecular weight excluding hydrogens is 250 g/mol. The number of carboxylic acid groups (broad SMARTS) is 1. The van der Waals surface area contributed by atoms with Gasteiger partial charge in [-0.15, -0.1) is 6.42 Å². The molecule has 0 fully saturated rings. The molecule has 1 unspecified atom stereocenters. The van der Waals surface area contributed by atoms with E-state index in [0.29, 0.717) is 12.5 Å². The molecule has 0 spiro atoms. The maximum Gasteiger partial charge on any atom is 0.317 e. The van der Waals surface area contributed by atoms with Gasteiger partial charge in [0.25, 0.3) is 0 Å². The third-order valence-electron chi connectivity index (χ3n) is 3.29. The van der Waals surface area contributed by atoms with Crippen LogP contribution in [0.4, 0.5) is 0 Å². The summed E-state index contributed by atoms with van der Waals surface area (Å²) in [6.45, 7) is 6.66. The number of benzene rings is 1. The Morgan fingerprint density at radius 3 is 2.35 bits per heavy atom. The van der Waals surface area contributed by atoms with E-state index < -0.39 is 5.97 Å². The number of hydrogen-bond donors (Lipinski definition) is 1. The van der Waals surface area contributed by atoms with Gasteiger partial charge in [0.15, 0.2) is 0 Å². The predicted molar refractivity (Wildman–Crippen MR) is 81.4 cm³/mol. The standard InChI is InChI=1S/C17H23NO2/c1-5-10-18(12-17(19)20)14(4)16-8-6-15(7-9-16)11-13(2)3/h1,6-9,13-14H,10-12H2,2-4H3,(H,19,20). The predicted octanol–water partition coefficient (Wildman–Crippen LogP) is 2.97. The fourth-order valence-corrected chi connectivity index (χ4v) is 2.24. The van der Waals surface area contributed by atoms with Crippen molar-refractivity contribution in [3.63, 3.8) is 0 Å². The quantitative estimate of drug-likeness (QED) is 0.776. The fraction of sp³-hybridized carbons (Fsp3) is 0.471. The number of carboxylic acids is 1. The van der Waals surface area contributed by atoms with Crippen molar-refractivity contribution in [1.29, 1.82) is 0 Å². The normalized spacial score (nSPS) is 12.4. The zero-order valence-electron chi connectivity index (χ0n) is 12.5. The van der Waals surface area contributed by atoms with Crippen LogP contribution in [0.1, 0.15) is 37.9 Å². The van der Waals surface area contributed by atoms with Crippen molar-refractivity contribution in [2.45, 2.75) is 33.2 Å². The van der Waals surface area contributed by atoms with Crippen molar-refractivity contribution >= 4 is 5.97 Å². The summed E-state index contributed by atoms with van der Waals surface area (Å²) in [6.07, 6.45) is 6.37. The minimum absolute atomic E-state index is 0.00440. The highest BCUT2D eigenvalue weighted by atomic mass is 16.4. The lowest BCUT2D eigenvalue weighted by Crippen LogP contribution is -2.32. The molecule has 0 amide bonds. The smallest absolute Gasteiger partial charge is 0.317 e. The average Bonchev–Trinajstić information content (AvgIpc) is 2.37. The lowest BCUT2D eigenvalue weighted by Gasteiger charge is -2.26. The van der Waals surface area contributed by atoms with Crippen LogP contribution in [0.3, 0.4) is 0 Å². The topological polar surface area (TPSA) is 40.5 Å². The largest absolute Gasteiger partial charge is 0.480 e. The highest BCUT2D eigenvalue weighted by molar-refractivity contribution is 5.69. The van der Waals surface area contributed by atoms with Crippen molar-refractivity contribution in [1.82, 2.24) is 4.90 Å². The van der Waals surface area contributed by atoms with E-state index in [9.17, 15) is 4.79 Å². The molecule has 0 saturated heterocycles. The average molecular weight is 273 g/mol. The van der Waals surface area contributed by atoms with Crippen molar-refractivity contribution in [2.75, 3.05) is 13.1 Å². The lowest BCUT2D eigenvalue weighted by atomic mass is 9.99. The molecule has 3 heteroatoms. The molecule has 0 saturated carbocycles. The third-order valence-corrected chi connectivity index (χ3v) is 3.29. The minimum Gasteiger partial charge on any atom is -0.480 e. The summed E-state index contributed by atoms with van der Waals surface area (Å²) < 4.78 is 0. The first-order valence-electron chi connectivity index (χ1n) is 6.92. The van der Waals surface area contributed by atoms with Gasteiger partial charge in [-0.2, -0.15) is 0 Å². The summed E-state index contributed by atoms with van der Waals surface area (Å²) in [4.78, 5) is 12.7. The summed E-state index contributed by atoms with van der Waals surface area (Å²) in [7, 11) is 0. The molecule has 0 aromatic heterocycles. The molecular formula is C17H23NO2. The summed E-state index contributed by atoms with van der Waals surface area (Å²) >= 11 is 0. The van der Waals surface area contributed by atoms with Gasteiger partial charge in [0, 0.05) is 6.04 Å². The first kappa shape index (κ1) is 16.3. The Labute approximate surface area is 121 Å². The lowest BCUT2D eigenvalue weighted by molar-refractivity contribution is -0.138. The Kier molecular flexibility index (Phi) is 6.27. The third kappa shape index (κ3) is 5.07. The van der Waals surface area contributed by atoms with Crippen LogP contribution in [0.2, 0.25) is 0 Å². The Morgan fingerprint density at radius 2 is 1.90 bits per heavy atom. The molecule has 0 aliphatic carbocycles. The molecule has 0 aliphatic heterocycles. The number of rotatable bonds is 7. The molecule has 1 atom stereocenters. The van der Waals surface area contributed by atoms with E-state index in [1.54, 1.807) is 4.90 Å². The van der Waals surface area contributed by atoms with Gasteiger partial charge in [-0.1, -0.05) is 44.0 Å². The van der Waals surface area contributed by atoms with Gasteiger partial charge in [0.1, 0.15) is 0 Å². The van der Waals surface area contributed by atoms with E-state index in [-0.39, 0.29) is 12.6 Å². The van der Waals surface area contributed by atoms with E-state index in [1.165, 1.54) is 5.56 Å². The van der Waals surface area contributed by atoms with Crippen LogP contribution in [-0.2, 0) is 11.2 Å². The molecule has 108 valence electrons. The monoisotopic (exact) mass is 273 g/mol. The zero-order valence-corrected chi connectivity index (χ0v) is 12.5. The maximum absolute atomic E-state index is 10.9. The molecule has 0 bridgehead atoms. The van der Waals surface area contributed by atoms with Crippen LogP contribution in [0.25, 0.3) is 0 Å². The Morgan fingerprint density at radius 1 is 1.30 bits per heavy atom. The van der Waals surface area contributed by atoms with Crippen LogP contribution in [0.5, 0.6) is 0 Å². The van der Waals surface area contributed by atoms with Crippen molar-refractivity contribution in [2.24, 2.45) is 5.92 Å². The van der Waals surface area contributed by atoms with Gasteiger partial charge in [0.05, 0.1) is 13.1 Å². The first-order valence-corrected chi connectivity index (χ1v) is 6.92.